The number of nitrogens with zero attached hydrogens (tertiary/aromatic N) is 1. The van der Waals surface area contributed by atoms with Crippen LogP contribution in [-0.4, -0.2) is 18.0 Å². The first kappa shape index (κ1) is 14.5. The van der Waals surface area contributed by atoms with Crippen LogP contribution < -0.4 is 10.1 Å². The van der Waals surface area contributed by atoms with Crippen LogP contribution in [0.15, 0.2) is 42.7 Å². The first-order valence-electron chi connectivity index (χ1n) is 6.10. The molecule has 1 aromatic carbocycles. The molecule has 0 radical (unpaired) electrons. The van der Waals surface area contributed by atoms with Gasteiger partial charge >= 0.3 is 6.36 Å². The minimum Gasteiger partial charge on any atom is -0.406 e. The van der Waals surface area contributed by atoms with Gasteiger partial charge in [0.2, 0.25) is 0 Å². The van der Waals surface area contributed by atoms with E-state index in [1.165, 1.54) is 12.1 Å². The second-order valence-electron chi connectivity index (χ2n) is 4.41. The fourth-order valence-electron chi connectivity index (χ4n) is 1.90. The summed E-state index contributed by atoms with van der Waals surface area (Å²) in [5.41, 5.74) is 2.07. The third-order valence-corrected chi connectivity index (χ3v) is 2.71. The van der Waals surface area contributed by atoms with E-state index in [9.17, 15) is 13.2 Å². The molecular formula is C14H15F3N2O. The topological polar surface area (TPSA) is 26.2 Å². The van der Waals surface area contributed by atoms with Gasteiger partial charge in [0, 0.05) is 25.5 Å². The molecule has 0 atom stereocenters. The van der Waals surface area contributed by atoms with Crippen molar-refractivity contribution in [1.29, 1.82) is 0 Å². The van der Waals surface area contributed by atoms with Crippen LogP contribution in [0.5, 0.6) is 5.75 Å². The Balaban J connectivity index is 1.99. The average molecular weight is 284 g/mol. The Morgan fingerprint density at radius 1 is 1.10 bits per heavy atom. The molecule has 1 heterocycles. The van der Waals surface area contributed by atoms with Crippen molar-refractivity contribution in [2.75, 3.05) is 7.05 Å². The summed E-state index contributed by atoms with van der Waals surface area (Å²) in [5, 5.41) is 3.05. The van der Waals surface area contributed by atoms with Crippen molar-refractivity contribution in [3.05, 3.63) is 53.9 Å². The number of rotatable bonds is 5. The second-order valence-corrected chi connectivity index (χ2v) is 4.41. The largest absolute Gasteiger partial charge is 0.573 e. The Morgan fingerprint density at radius 3 is 2.40 bits per heavy atom. The summed E-state index contributed by atoms with van der Waals surface area (Å²) in [6.07, 6.45) is -0.715. The average Bonchev–Trinajstić information content (AvgIpc) is 2.78. The van der Waals surface area contributed by atoms with Crippen LogP contribution >= 0.6 is 0 Å². The van der Waals surface area contributed by atoms with Gasteiger partial charge in [-0.3, -0.25) is 0 Å². The zero-order valence-corrected chi connectivity index (χ0v) is 10.9. The number of ether oxygens (including phenoxy) is 1. The molecule has 2 rings (SSSR count). The molecule has 0 aliphatic rings. The fourth-order valence-corrected chi connectivity index (χ4v) is 1.90. The van der Waals surface area contributed by atoms with Crippen molar-refractivity contribution < 1.29 is 17.9 Å². The van der Waals surface area contributed by atoms with Gasteiger partial charge in [0.15, 0.2) is 0 Å². The summed E-state index contributed by atoms with van der Waals surface area (Å²) in [4.78, 5) is 0. The van der Waals surface area contributed by atoms with Gasteiger partial charge in [-0.1, -0.05) is 12.1 Å². The lowest BCUT2D eigenvalue weighted by atomic mass is 10.2. The standard InChI is InChI=1S/C14H15F3N2O/c1-18-8-12-6-7-19(10-12)9-11-2-4-13(5-3-11)20-14(15,16)17/h2-7,10,18H,8-9H2,1H3. The van der Waals surface area contributed by atoms with Crippen molar-refractivity contribution in [3.63, 3.8) is 0 Å². The maximum Gasteiger partial charge on any atom is 0.573 e. The lowest BCUT2D eigenvalue weighted by molar-refractivity contribution is -0.274. The number of alkyl halides is 3. The van der Waals surface area contributed by atoms with Crippen molar-refractivity contribution >= 4 is 0 Å². The highest BCUT2D eigenvalue weighted by Gasteiger charge is 2.30. The normalized spacial score (nSPS) is 11.6. The summed E-state index contributed by atoms with van der Waals surface area (Å²) in [5.74, 6) is -0.204. The summed E-state index contributed by atoms with van der Waals surface area (Å²) < 4.78 is 41.9. The Kier molecular flexibility index (Phi) is 4.34. The maximum absolute atomic E-state index is 12.0. The molecule has 0 aliphatic carbocycles. The highest BCUT2D eigenvalue weighted by molar-refractivity contribution is 5.28. The number of hydrogen-bond donors (Lipinski definition) is 1. The molecule has 0 aliphatic heterocycles. The van der Waals surface area contributed by atoms with E-state index in [0.717, 1.165) is 17.7 Å². The third-order valence-electron chi connectivity index (χ3n) is 2.71. The summed E-state index contributed by atoms with van der Waals surface area (Å²) >= 11 is 0. The minimum atomic E-state index is -4.65. The number of halogens is 3. The van der Waals surface area contributed by atoms with E-state index in [1.807, 2.05) is 30.1 Å². The maximum atomic E-state index is 12.0. The molecule has 0 fully saturated rings. The Hall–Kier alpha value is -1.95. The lowest BCUT2D eigenvalue weighted by Gasteiger charge is -2.09. The zero-order valence-electron chi connectivity index (χ0n) is 10.9. The van der Waals surface area contributed by atoms with Crippen molar-refractivity contribution in [2.45, 2.75) is 19.5 Å². The van der Waals surface area contributed by atoms with Crippen LogP contribution in [0.2, 0.25) is 0 Å². The molecule has 1 aromatic heterocycles. The smallest absolute Gasteiger partial charge is 0.406 e. The Labute approximate surface area is 115 Å². The molecule has 2 aromatic rings. The molecule has 0 saturated heterocycles. The molecule has 0 saturated carbocycles. The van der Waals surface area contributed by atoms with Crippen molar-refractivity contribution in [1.82, 2.24) is 9.88 Å². The van der Waals surface area contributed by atoms with E-state index < -0.39 is 6.36 Å². The van der Waals surface area contributed by atoms with Crippen LogP contribution in [0.1, 0.15) is 11.1 Å². The molecule has 1 N–H and O–H groups in total. The van der Waals surface area contributed by atoms with Crippen LogP contribution in [0.4, 0.5) is 13.2 Å². The molecule has 108 valence electrons. The van der Waals surface area contributed by atoms with Gasteiger partial charge in [0.05, 0.1) is 0 Å². The highest BCUT2D eigenvalue weighted by Crippen LogP contribution is 2.22. The first-order valence-corrected chi connectivity index (χ1v) is 6.10. The molecule has 6 heteroatoms. The fraction of sp³-hybridized carbons (Fsp3) is 0.286. The lowest BCUT2D eigenvalue weighted by Crippen LogP contribution is -2.17. The number of nitrogens with one attached hydrogen (secondary N) is 1. The zero-order chi connectivity index (χ0) is 14.6. The summed E-state index contributed by atoms with van der Waals surface area (Å²) in [7, 11) is 1.87. The van der Waals surface area contributed by atoms with Gasteiger partial charge in [-0.2, -0.15) is 0 Å². The molecule has 20 heavy (non-hydrogen) atoms. The molecule has 0 spiro atoms. The molecular weight excluding hydrogens is 269 g/mol. The van der Waals surface area contributed by atoms with E-state index in [2.05, 4.69) is 10.1 Å². The Bertz CT molecular complexity index is 546. The number of hydrogen-bond acceptors (Lipinski definition) is 2. The van der Waals surface area contributed by atoms with Crippen molar-refractivity contribution in [2.24, 2.45) is 0 Å². The minimum absolute atomic E-state index is 0.204. The predicted octanol–water partition coefficient (Wildman–Crippen LogP) is 3.15. The van der Waals surface area contributed by atoms with E-state index in [1.54, 1.807) is 12.1 Å². The monoisotopic (exact) mass is 284 g/mol. The SMILES string of the molecule is CNCc1ccn(Cc2ccc(OC(F)(F)F)cc2)c1. The van der Waals surface area contributed by atoms with E-state index >= 15 is 0 Å². The van der Waals surface area contributed by atoms with E-state index in [0.29, 0.717) is 6.54 Å². The van der Waals surface area contributed by atoms with Gasteiger partial charge in [-0.15, -0.1) is 13.2 Å². The van der Waals surface area contributed by atoms with Gasteiger partial charge in [0.25, 0.3) is 0 Å². The molecule has 0 amide bonds. The second kappa shape index (κ2) is 6.00. The van der Waals surface area contributed by atoms with Gasteiger partial charge in [-0.05, 0) is 36.4 Å². The summed E-state index contributed by atoms with van der Waals surface area (Å²) in [6.45, 7) is 1.39. The highest BCUT2D eigenvalue weighted by atomic mass is 19.4. The van der Waals surface area contributed by atoms with Crippen LogP contribution in [0, 0.1) is 0 Å². The summed E-state index contributed by atoms with van der Waals surface area (Å²) in [6, 6.07) is 7.89. The Morgan fingerprint density at radius 2 is 1.80 bits per heavy atom. The van der Waals surface area contributed by atoms with E-state index in [-0.39, 0.29) is 5.75 Å². The van der Waals surface area contributed by atoms with Gasteiger partial charge in [-0.25, -0.2) is 0 Å². The molecule has 0 bridgehead atoms. The first-order chi connectivity index (χ1) is 9.46. The van der Waals surface area contributed by atoms with Gasteiger partial charge in [0.1, 0.15) is 5.75 Å². The number of aromatic nitrogens is 1. The number of benzene rings is 1. The van der Waals surface area contributed by atoms with Crippen molar-refractivity contribution in [3.8, 4) is 5.75 Å². The molecule has 0 unspecified atom stereocenters. The van der Waals surface area contributed by atoms with Gasteiger partial charge < -0.3 is 14.6 Å². The third kappa shape index (κ3) is 4.31. The van der Waals surface area contributed by atoms with E-state index in [4.69, 9.17) is 0 Å². The molecule has 3 nitrogen and oxygen atoms in total. The predicted molar refractivity (Wildman–Crippen MR) is 69.4 cm³/mol. The van der Waals surface area contributed by atoms with Crippen LogP contribution in [-0.2, 0) is 13.1 Å². The van der Waals surface area contributed by atoms with Crippen LogP contribution in [0.3, 0.4) is 0 Å². The quantitative estimate of drug-likeness (QED) is 0.912. The van der Waals surface area contributed by atoms with Crippen LogP contribution in [0.25, 0.3) is 0 Å².